The van der Waals surface area contributed by atoms with Gasteiger partial charge in [-0.15, -0.1) is 11.8 Å². The molecule has 22 heavy (non-hydrogen) atoms. The summed E-state index contributed by atoms with van der Waals surface area (Å²) in [5.41, 5.74) is 1.11. The van der Waals surface area contributed by atoms with Gasteiger partial charge in [-0.05, 0) is 17.7 Å². The zero-order valence-electron chi connectivity index (χ0n) is 12.3. The normalized spacial score (nSPS) is 17.4. The molecule has 5 heteroatoms. The molecule has 2 aromatic rings. The van der Waals surface area contributed by atoms with Crippen LogP contribution < -0.4 is 10.2 Å². The maximum Gasteiger partial charge on any atom is 0.230 e. The van der Waals surface area contributed by atoms with E-state index in [-0.39, 0.29) is 11.3 Å². The van der Waals surface area contributed by atoms with Crippen molar-refractivity contribution in [3.63, 3.8) is 0 Å². The van der Waals surface area contributed by atoms with Crippen LogP contribution in [0, 0.1) is 0 Å². The van der Waals surface area contributed by atoms with Crippen LogP contribution in [0.5, 0.6) is 0 Å². The van der Waals surface area contributed by atoms with Crippen molar-refractivity contribution in [2.75, 3.05) is 17.2 Å². The van der Waals surface area contributed by atoms with Crippen LogP contribution in [0.4, 0.5) is 5.82 Å². The van der Waals surface area contributed by atoms with Crippen LogP contribution in [0.1, 0.15) is 12.0 Å². The highest BCUT2D eigenvalue weighted by Gasteiger charge is 2.23. The number of thioether (sulfide) groups is 1. The molecule has 0 spiro atoms. The van der Waals surface area contributed by atoms with Gasteiger partial charge >= 0.3 is 0 Å². The number of carbonyl (C=O) groups excluding carboxylic acids is 1. The summed E-state index contributed by atoms with van der Waals surface area (Å²) in [6.07, 6.45) is 2.22. The maximum absolute atomic E-state index is 12.7. The predicted octanol–water partition coefficient (Wildman–Crippen LogP) is 2.67. The number of carbonyl (C=O) groups is 1. The van der Waals surface area contributed by atoms with Crippen LogP contribution in [-0.2, 0) is 11.3 Å². The lowest BCUT2D eigenvalue weighted by molar-refractivity contribution is -0.118. The average Bonchev–Trinajstić information content (AvgIpc) is 3.07. The molecule has 1 aromatic heterocycles. The van der Waals surface area contributed by atoms with Gasteiger partial charge in [-0.3, -0.25) is 9.69 Å². The number of nitrogens with one attached hydrogen (secondary N) is 1. The monoisotopic (exact) mass is 313 g/mol. The van der Waals surface area contributed by atoms with E-state index in [9.17, 15) is 4.79 Å². The first kappa shape index (κ1) is 15.1. The summed E-state index contributed by atoms with van der Waals surface area (Å²) in [6.45, 7) is 1.53. The Morgan fingerprint density at radius 2 is 2.05 bits per heavy atom. The molecule has 1 N–H and O–H groups in total. The Labute approximate surface area is 134 Å². The van der Waals surface area contributed by atoms with E-state index in [0.29, 0.717) is 18.8 Å². The minimum Gasteiger partial charge on any atom is -0.304 e. The van der Waals surface area contributed by atoms with Crippen LogP contribution in [0.2, 0.25) is 0 Å². The third kappa shape index (κ3) is 3.87. The molecule has 3 rings (SSSR count). The smallest absolute Gasteiger partial charge is 0.230 e. The topological polar surface area (TPSA) is 45.2 Å². The van der Waals surface area contributed by atoms with E-state index < -0.39 is 0 Å². The molecule has 0 saturated carbocycles. The lowest BCUT2D eigenvalue weighted by atomic mass is 10.2. The Hall–Kier alpha value is -1.85. The van der Waals surface area contributed by atoms with Gasteiger partial charge in [0.2, 0.25) is 5.91 Å². The van der Waals surface area contributed by atoms with Crippen molar-refractivity contribution < 1.29 is 4.79 Å². The molecule has 1 aliphatic rings. The quantitative estimate of drug-likeness (QED) is 0.922. The number of pyridine rings is 1. The lowest BCUT2D eigenvalue weighted by Crippen LogP contribution is -2.35. The van der Waals surface area contributed by atoms with Crippen molar-refractivity contribution >= 4 is 23.5 Å². The van der Waals surface area contributed by atoms with Gasteiger partial charge in [0.1, 0.15) is 5.82 Å². The Morgan fingerprint density at radius 1 is 1.23 bits per heavy atom. The van der Waals surface area contributed by atoms with Crippen molar-refractivity contribution in [1.82, 2.24) is 10.3 Å². The van der Waals surface area contributed by atoms with Crippen LogP contribution in [0.15, 0.2) is 54.7 Å². The van der Waals surface area contributed by atoms with E-state index in [1.165, 1.54) is 0 Å². The summed E-state index contributed by atoms with van der Waals surface area (Å²) in [5, 5.41) is 3.57. The third-order valence-corrected chi connectivity index (χ3v) is 4.74. The van der Waals surface area contributed by atoms with Crippen molar-refractivity contribution in [2.45, 2.75) is 18.3 Å². The highest BCUT2D eigenvalue weighted by molar-refractivity contribution is 8.00. The summed E-state index contributed by atoms with van der Waals surface area (Å²) >= 11 is 1.81. The minimum atomic E-state index is 0.106. The highest BCUT2D eigenvalue weighted by Crippen LogP contribution is 2.21. The molecule has 2 heterocycles. The Bertz CT molecular complexity index is 600. The molecule has 1 unspecified atom stereocenters. The van der Waals surface area contributed by atoms with E-state index in [0.717, 1.165) is 17.9 Å². The Morgan fingerprint density at radius 3 is 2.73 bits per heavy atom. The van der Waals surface area contributed by atoms with Gasteiger partial charge in [-0.25, -0.2) is 4.98 Å². The van der Waals surface area contributed by atoms with Crippen molar-refractivity contribution in [3.8, 4) is 0 Å². The van der Waals surface area contributed by atoms with Gasteiger partial charge in [0, 0.05) is 18.5 Å². The van der Waals surface area contributed by atoms with Crippen LogP contribution in [0.3, 0.4) is 0 Å². The maximum atomic E-state index is 12.7. The molecule has 0 bridgehead atoms. The number of aromatic nitrogens is 1. The number of nitrogens with zero attached hydrogens (tertiary/aromatic N) is 2. The number of amides is 1. The predicted molar refractivity (Wildman–Crippen MR) is 90.7 cm³/mol. The van der Waals surface area contributed by atoms with Crippen LogP contribution >= 0.6 is 11.8 Å². The van der Waals surface area contributed by atoms with Crippen LogP contribution in [-0.4, -0.2) is 28.6 Å². The first-order valence-corrected chi connectivity index (χ1v) is 8.48. The number of rotatable bonds is 5. The molecule has 0 radical (unpaired) electrons. The lowest BCUT2D eigenvalue weighted by Gasteiger charge is -2.23. The zero-order chi connectivity index (χ0) is 15.2. The molecule has 1 aromatic carbocycles. The molecular weight excluding hydrogens is 294 g/mol. The molecular formula is C17H19N3OS. The van der Waals surface area contributed by atoms with E-state index in [1.807, 2.05) is 60.3 Å². The number of hydrogen-bond acceptors (Lipinski definition) is 4. The summed E-state index contributed by atoms with van der Waals surface area (Å²) in [7, 11) is 0. The molecule has 1 saturated heterocycles. The first-order chi connectivity index (χ1) is 10.8. The van der Waals surface area contributed by atoms with Gasteiger partial charge in [0.15, 0.2) is 0 Å². The fraction of sp³-hybridized carbons (Fsp3) is 0.294. The van der Waals surface area contributed by atoms with Gasteiger partial charge in [-0.1, -0.05) is 36.4 Å². The Kier molecular flexibility index (Phi) is 5.08. The standard InChI is InChI=1S/C17H19N3OS/c21-17(12-16-19-10-11-22-16)20(15-8-4-5-9-18-15)13-14-6-2-1-3-7-14/h1-9,16,19H,10-13H2. The molecule has 1 aliphatic heterocycles. The molecule has 114 valence electrons. The largest absolute Gasteiger partial charge is 0.304 e. The number of anilines is 1. The minimum absolute atomic E-state index is 0.106. The van der Waals surface area contributed by atoms with Crippen molar-refractivity contribution in [3.05, 3.63) is 60.3 Å². The molecule has 1 amide bonds. The SMILES string of the molecule is O=C(CC1NCCS1)N(Cc1ccccc1)c1ccccn1. The summed E-state index contributed by atoms with van der Waals surface area (Å²) < 4.78 is 0. The first-order valence-electron chi connectivity index (χ1n) is 7.43. The van der Waals surface area contributed by atoms with Gasteiger partial charge in [0.05, 0.1) is 18.3 Å². The van der Waals surface area contributed by atoms with Gasteiger partial charge in [-0.2, -0.15) is 0 Å². The average molecular weight is 313 g/mol. The fourth-order valence-electron chi connectivity index (χ4n) is 2.46. The second kappa shape index (κ2) is 7.42. The summed E-state index contributed by atoms with van der Waals surface area (Å²) in [4.78, 5) is 18.9. The van der Waals surface area contributed by atoms with Gasteiger partial charge in [0.25, 0.3) is 0 Å². The van der Waals surface area contributed by atoms with Crippen molar-refractivity contribution in [1.29, 1.82) is 0 Å². The van der Waals surface area contributed by atoms with E-state index in [1.54, 1.807) is 11.1 Å². The molecule has 4 nitrogen and oxygen atoms in total. The fourth-order valence-corrected chi connectivity index (χ4v) is 3.47. The zero-order valence-corrected chi connectivity index (χ0v) is 13.1. The second-order valence-electron chi connectivity index (χ2n) is 5.17. The van der Waals surface area contributed by atoms with E-state index in [2.05, 4.69) is 10.3 Å². The summed E-state index contributed by atoms with van der Waals surface area (Å²) in [6, 6.07) is 15.7. The second-order valence-corrected chi connectivity index (χ2v) is 6.48. The van der Waals surface area contributed by atoms with Crippen LogP contribution in [0.25, 0.3) is 0 Å². The molecule has 0 aliphatic carbocycles. The molecule has 1 fully saturated rings. The Balaban J connectivity index is 1.77. The molecule has 1 atom stereocenters. The number of benzene rings is 1. The number of hydrogen-bond donors (Lipinski definition) is 1. The van der Waals surface area contributed by atoms with E-state index in [4.69, 9.17) is 0 Å². The van der Waals surface area contributed by atoms with E-state index >= 15 is 0 Å². The van der Waals surface area contributed by atoms with Crippen molar-refractivity contribution in [2.24, 2.45) is 0 Å². The summed E-state index contributed by atoms with van der Waals surface area (Å²) in [5.74, 6) is 1.88. The third-order valence-electron chi connectivity index (χ3n) is 3.56. The van der Waals surface area contributed by atoms with Gasteiger partial charge < -0.3 is 5.32 Å². The highest BCUT2D eigenvalue weighted by atomic mass is 32.2.